The lowest BCUT2D eigenvalue weighted by atomic mass is 10.1. The summed E-state index contributed by atoms with van der Waals surface area (Å²) in [7, 11) is 3.22. The van der Waals surface area contributed by atoms with Crippen LogP contribution in [0.2, 0.25) is 0 Å². The molecule has 1 aliphatic carbocycles. The monoisotopic (exact) mass is 334 g/mol. The fraction of sp³-hybridized carbons (Fsp3) is 0.632. The van der Waals surface area contributed by atoms with Gasteiger partial charge in [-0.05, 0) is 30.5 Å². The Kier molecular flexibility index (Phi) is 7.89. The van der Waals surface area contributed by atoms with Gasteiger partial charge >= 0.3 is 0 Å². The maximum atomic E-state index is 12.0. The van der Waals surface area contributed by atoms with Gasteiger partial charge in [0.05, 0.1) is 14.2 Å². The number of ether oxygens (including phenoxy) is 2. The summed E-state index contributed by atoms with van der Waals surface area (Å²) in [5.74, 6) is 1.45. The SMILES string of the molecule is COc1ccc(CNC(=O)CCNC2CCCCCC2)cc1OC. The zero-order chi connectivity index (χ0) is 17.2. The fourth-order valence-electron chi connectivity index (χ4n) is 3.15. The van der Waals surface area contributed by atoms with Gasteiger partial charge in [-0.1, -0.05) is 31.7 Å². The van der Waals surface area contributed by atoms with Crippen molar-refractivity contribution < 1.29 is 14.3 Å². The number of hydrogen-bond donors (Lipinski definition) is 2. The number of benzene rings is 1. The van der Waals surface area contributed by atoms with Gasteiger partial charge < -0.3 is 20.1 Å². The number of nitrogens with one attached hydrogen (secondary N) is 2. The summed E-state index contributed by atoms with van der Waals surface area (Å²) in [5.41, 5.74) is 0.998. The lowest BCUT2D eigenvalue weighted by molar-refractivity contribution is -0.121. The fourth-order valence-corrected chi connectivity index (χ4v) is 3.15. The van der Waals surface area contributed by atoms with E-state index in [0.29, 0.717) is 30.5 Å². The standard InChI is InChI=1S/C19H30N2O3/c1-23-17-10-9-15(13-18(17)24-2)14-21-19(22)11-12-20-16-7-5-3-4-6-8-16/h9-10,13,16,20H,3-8,11-12,14H2,1-2H3,(H,21,22). The van der Waals surface area contributed by atoms with E-state index in [-0.39, 0.29) is 5.91 Å². The zero-order valence-corrected chi connectivity index (χ0v) is 14.9. The minimum absolute atomic E-state index is 0.0749. The maximum Gasteiger partial charge on any atom is 0.221 e. The number of rotatable bonds is 8. The minimum atomic E-state index is 0.0749. The highest BCUT2D eigenvalue weighted by Crippen LogP contribution is 2.27. The third-order valence-electron chi connectivity index (χ3n) is 4.58. The van der Waals surface area contributed by atoms with Crippen molar-refractivity contribution in [1.82, 2.24) is 10.6 Å². The predicted octanol–water partition coefficient (Wildman–Crippen LogP) is 3.02. The van der Waals surface area contributed by atoms with Crippen LogP contribution in [0.5, 0.6) is 11.5 Å². The average molecular weight is 334 g/mol. The summed E-state index contributed by atoms with van der Waals surface area (Å²) in [6.07, 6.45) is 8.32. The van der Waals surface area contributed by atoms with E-state index in [1.165, 1.54) is 38.5 Å². The molecule has 5 nitrogen and oxygen atoms in total. The Morgan fingerprint density at radius 1 is 1.08 bits per heavy atom. The average Bonchev–Trinajstić information content (AvgIpc) is 2.88. The summed E-state index contributed by atoms with van der Waals surface area (Å²) >= 11 is 0. The molecule has 1 fully saturated rings. The van der Waals surface area contributed by atoms with Crippen LogP contribution in [0.3, 0.4) is 0 Å². The molecule has 0 bridgehead atoms. The van der Waals surface area contributed by atoms with Crippen LogP contribution in [-0.2, 0) is 11.3 Å². The molecule has 1 saturated carbocycles. The van der Waals surface area contributed by atoms with Crippen molar-refractivity contribution in [3.63, 3.8) is 0 Å². The first kappa shape index (κ1) is 18.6. The summed E-state index contributed by atoms with van der Waals surface area (Å²) in [6.45, 7) is 1.26. The predicted molar refractivity (Wildman–Crippen MR) is 95.5 cm³/mol. The van der Waals surface area contributed by atoms with E-state index in [0.717, 1.165) is 12.1 Å². The second-order valence-electron chi connectivity index (χ2n) is 6.36. The van der Waals surface area contributed by atoms with Crippen molar-refractivity contribution in [1.29, 1.82) is 0 Å². The Morgan fingerprint density at radius 2 is 1.79 bits per heavy atom. The van der Waals surface area contributed by atoms with E-state index in [1.807, 2.05) is 18.2 Å². The molecule has 0 unspecified atom stereocenters. The van der Waals surface area contributed by atoms with Gasteiger partial charge in [0, 0.05) is 25.6 Å². The molecule has 5 heteroatoms. The summed E-state index contributed by atoms with van der Waals surface area (Å²) in [6, 6.07) is 6.27. The lowest BCUT2D eigenvalue weighted by Gasteiger charge is -2.16. The van der Waals surface area contributed by atoms with Crippen molar-refractivity contribution in [2.75, 3.05) is 20.8 Å². The van der Waals surface area contributed by atoms with Crippen molar-refractivity contribution in [2.45, 2.75) is 57.5 Å². The molecule has 2 N–H and O–H groups in total. The molecular formula is C19H30N2O3. The molecule has 1 amide bonds. The Labute approximate surface area is 145 Å². The van der Waals surface area contributed by atoms with Gasteiger partial charge in [-0.3, -0.25) is 4.79 Å². The second-order valence-corrected chi connectivity index (χ2v) is 6.36. The number of amides is 1. The molecule has 1 aromatic rings. The van der Waals surface area contributed by atoms with E-state index in [1.54, 1.807) is 14.2 Å². The van der Waals surface area contributed by atoms with Crippen molar-refractivity contribution in [3.8, 4) is 11.5 Å². The highest BCUT2D eigenvalue weighted by Gasteiger charge is 2.12. The van der Waals surface area contributed by atoms with Crippen LogP contribution in [0.25, 0.3) is 0 Å². The van der Waals surface area contributed by atoms with Crippen LogP contribution >= 0.6 is 0 Å². The van der Waals surface area contributed by atoms with Crippen molar-refractivity contribution in [2.24, 2.45) is 0 Å². The van der Waals surface area contributed by atoms with E-state index in [2.05, 4.69) is 10.6 Å². The van der Waals surface area contributed by atoms with E-state index in [4.69, 9.17) is 9.47 Å². The normalized spacial score (nSPS) is 15.6. The van der Waals surface area contributed by atoms with Gasteiger partial charge in [0.2, 0.25) is 5.91 Å². The lowest BCUT2D eigenvalue weighted by Crippen LogP contribution is -2.33. The first-order chi connectivity index (χ1) is 11.7. The molecule has 0 aliphatic heterocycles. The van der Waals surface area contributed by atoms with Crippen LogP contribution < -0.4 is 20.1 Å². The first-order valence-corrected chi connectivity index (χ1v) is 8.94. The van der Waals surface area contributed by atoms with E-state index in [9.17, 15) is 4.79 Å². The molecule has 134 valence electrons. The van der Waals surface area contributed by atoms with Gasteiger partial charge in [0.25, 0.3) is 0 Å². The molecule has 0 heterocycles. The highest BCUT2D eigenvalue weighted by atomic mass is 16.5. The van der Waals surface area contributed by atoms with Gasteiger partial charge in [-0.25, -0.2) is 0 Å². The Bertz CT molecular complexity index is 511. The van der Waals surface area contributed by atoms with Crippen molar-refractivity contribution in [3.05, 3.63) is 23.8 Å². The number of hydrogen-bond acceptors (Lipinski definition) is 4. The Balaban J connectivity index is 1.69. The van der Waals surface area contributed by atoms with Gasteiger partial charge in [-0.2, -0.15) is 0 Å². The van der Waals surface area contributed by atoms with Crippen LogP contribution in [0.1, 0.15) is 50.5 Å². The largest absolute Gasteiger partial charge is 0.493 e. The number of carbonyl (C=O) groups excluding carboxylic acids is 1. The summed E-state index contributed by atoms with van der Waals surface area (Å²) in [4.78, 5) is 12.0. The first-order valence-electron chi connectivity index (χ1n) is 8.94. The Morgan fingerprint density at radius 3 is 2.46 bits per heavy atom. The summed E-state index contributed by atoms with van der Waals surface area (Å²) in [5, 5.41) is 6.49. The molecule has 1 aliphatic rings. The molecule has 0 saturated heterocycles. The number of methoxy groups -OCH3 is 2. The quantitative estimate of drug-likeness (QED) is 0.718. The van der Waals surface area contributed by atoms with E-state index < -0.39 is 0 Å². The smallest absolute Gasteiger partial charge is 0.221 e. The second kappa shape index (κ2) is 10.2. The van der Waals surface area contributed by atoms with Gasteiger partial charge in [-0.15, -0.1) is 0 Å². The summed E-state index contributed by atoms with van der Waals surface area (Å²) < 4.78 is 10.5. The maximum absolute atomic E-state index is 12.0. The topological polar surface area (TPSA) is 59.6 Å². The van der Waals surface area contributed by atoms with E-state index >= 15 is 0 Å². The van der Waals surface area contributed by atoms with Crippen LogP contribution in [0.15, 0.2) is 18.2 Å². The van der Waals surface area contributed by atoms with Crippen LogP contribution in [0.4, 0.5) is 0 Å². The molecule has 2 rings (SSSR count). The van der Waals surface area contributed by atoms with Crippen LogP contribution in [-0.4, -0.2) is 32.7 Å². The van der Waals surface area contributed by atoms with Gasteiger partial charge in [0.15, 0.2) is 11.5 Å². The molecular weight excluding hydrogens is 304 g/mol. The Hall–Kier alpha value is -1.75. The third kappa shape index (κ3) is 6.04. The van der Waals surface area contributed by atoms with Crippen LogP contribution in [0, 0.1) is 0 Å². The zero-order valence-electron chi connectivity index (χ0n) is 14.9. The molecule has 24 heavy (non-hydrogen) atoms. The molecule has 0 atom stereocenters. The van der Waals surface area contributed by atoms with Crippen molar-refractivity contribution >= 4 is 5.91 Å². The van der Waals surface area contributed by atoms with Gasteiger partial charge in [0.1, 0.15) is 0 Å². The molecule has 0 spiro atoms. The molecule has 0 aromatic heterocycles. The minimum Gasteiger partial charge on any atom is -0.493 e. The molecule has 1 aromatic carbocycles. The number of carbonyl (C=O) groups is 1. The molecule has 0 radical (unpaired) electrons. The third-order valence-corrected chi connectivity index (χ3v) is 4.58. The highest BCUT2D eigenvalue weighted by molar-refractivity contribution is 5.76.